The monoisotopic (exact) mass is 292 g/mol. The van der Waals surface area contributed by atoms with E-state index in [1.807, 2.05) is 0 Å². The second-order valence-corrected chi connectivity index (χ2v) is 3.84. The molecule has 0 bridgehead atoms. The van der Waals surface area contributed by atoms with Crippen molar-refractivity contribution < 1.29 is 13.6 Å². The third-order valence-electron chi connectivity index (χ3n) is 1.88. The Kier molecular flexibility index (Phi) is 5.31. The van der Waals surface area contributed by atoms with E-state index < -0.39 is 18.9 Å². The maximum absolute atomic E-state index is 12.3. The molecule has 16 heavy (non-hydrogen) atoms. The van der Waals surface area contributed by atoms with Gasteiger partial charge in [-0.15, -0.1) is 0 Å². The highest BCUT2D eigenvalue weighted by Gasteiger charge is 2.19. The van der Waals surface area contributed by atoms with Crippen LogP contribution < -0.4 is 0 Å². The van der Waals surface area contributed by atoms with Crippen LogP contribution in [0.3, 0.4) is 0 Å². The fourth-order valence-corrected chi connectivity index (χ4v) is 1.62. The second kappa shape index (κ2) is 6.52. The highest BCUT2D eigenvalue weighted by molar-refractivity contribution is 9.09. The first-order valence-corrected chi connectivity index (χ1v) is 5.81. The predicted molar refractivity (Wildman–Crippen MR) is 59.9 cm³/mol. The number of carbonyl (C=O) groups is 1. The number of aromatic nitrogens is 1. The van der Waals surface area contributed by atoms with Crippen LogP contribution in [0, 0.1) is 0 Å². The molecule has 1 aromatic rings. The third kappa shape index (κ3) is 3.84. The van der Waals surface area contributed by atoms with E-state index in [4.69, 9.17) is 0 Å². The van der Waals surface area contributed by atoms with E-state index in [0.29, 0.717) is 5.33 Å². The van der Waals surface area contributed by atoms with Crippen molar-refractivity contribution in [3.63, 3.8) is 0 Å². The molecule has 0 unspecified atom stereocenters. The van der Waals surface area contributed by atoms with Crippen LogP contribution in [-0.4, -0.2) is 40.6 Å². The van der Waals surface area contributed by atoms with E-state index in [1.54, 1.807) is 12.1 Å². The molecule has 1 heterocycles. The summed E-state index contributed by atoms with van der Waals surface area (Å²) in [5.41, 5.74) is 0.184. The summed E-state index contributed by atoms with van der Waals surface area (Å²) in [7, 11) is 0. The third-order valence-corrected chi connectivity index (χ3v) is 2.24. The fraction of sp³-hybridized carbons (Fsp3) is 0.400. The van der Waals surface area contributed by atoms with Gasteiger partial charge in [0.05, 0.1) is 6.54 Å². The first kappa shape index (κ1) is 13.0. The molecule has 1 aromatic heterocycles. The summed E-state index contributed by atoms with van der Waals surface area (Å²) < 4.78 is 24.5. The lowest BCUT2D eigenvalue weighted by Crippen LogP contribution is -2.36. The number of carbonyl (C=O) groups excluding carboxylic acids is 1. The summed E-state index contributed by atoms with van der Waals surface area (Å²) in [5.74, 6) is -0.472. The fourth-order valence-electron chi connectivity index (χ4n) is 1.20. The number of rotatable bonds is 5. The van der Waals surface area contributed by atoms with E-state index >= 15 is 0 Å². The van der Waals surface area contributed by atoms with Gasteiger partial charge in [0.2, 0.25) is 0 Å². The molecule has 0 aliphatic carbocycles. The number of pyridine rings is 1. The maximum atomic E-state index is 12.3. The number of amides is 1. The summed E-state index contributed by atoms with van der Waals surface area (Å²) in [5, 5.41) is 0.457. The van der Waals surface area contributed by atoms with E-state index in [-0.39, 0.29) is 12.2 Å². The van der Waals surface area contributed by atoms with Crippen LogP contribution in [0.4, 0.5) is 8.78 Å². The average molecular weight is 293 g/mol. The van der Waals surface area contributed by atoms with Crippen molar-refractivity contribution in [3.8, 4) is 0 Å². The molecular weight excluding hydrogens is 282 g/mol. The van der Waals surface area contributed by atoms with Gasteiger partial charge in [-0.1, -0.05) is 22.0 Å². The summed E-state index contributed by atoms with van der Waals surface area (Å²) in [6, 6.07) is 4.82. The smallest absolute Gasteiger partial charge is 0.272 e. The minimum Gasteiger partial charge on any atom is -0.331 e. The molecule has 0 aliphatic heterocycles. The average Bonchev–Trinajstić information content (AvgIpc) is 2.28. The maximum Gasteiger partial charge on any atom is 0.272 e. The molecule has 6 heteroatoms. The lowest BCUT2D eigenvalue weighted by atomic mass is 10.3. The zero-order valence-corrected chi connectivity index (χ0v) is 10.0. The van der Waals surface area contributed by atoms with E-state index in [9.17, 15) is 13.6 Å². The molecule has 0 aromatic carbocycles. The topological polar surface area (TPSA) is 33.2 Å². The molecule has 3 nitrogen and oxygen atoms in total. The zero-order chi connectivity index (χ0) is 12.0. The number of halogens is 3. The van der Waals surface area contributed by atoms with Crippen LogP contribution in [-0.2, 0) is 0 Å². The first-order valence-electron chi connectivity index (χ1n) is 4.69. The first-order chi connectivity index (χ1) is 7.65. The normalized spacial score (nSPS) is 10.5. The molecule has 1 rings (SSSR count). The van der Waals surface area contributed by atoms with Gasteiger partial charge < -0.3 is 4.90 Å². The van der Waals surface area contributed by atoms with Crippen molar-refractivity contribution in [3.05, 3.63) is 30.1 Å². The standard InChI is InChI=1S/C10H11BrF2N2O/c11-4-6-15(7-9(12)13)10(16)8-3-1-2-5-14-8/h1-3,5,9H,4,6-7H2. The summed E-state index contributed by atoms with van der Waals surface area (Å²) in [6.07, 6.45) is -1.08. The van der Waals surface area contributed by atoms with Crippen LogP contribution in [0.2, 0.25) is 0 Å². The summed E-state index contributed by atoms with van der Waals surface area (Å²) in [4.78, 5) is 16.7. The van der Waals surface area contributed by atoms with Gasteiger partial charge in [0, 0.05) is 18.1 Å². The molecule has 0 radical (unpaired) electrons. The molecular formula is C10H11BrF2N2O. The van der Waals surface area contributed by atoms with Crippen molar-refractivity contribution in [1.29, 1.82) is 0 Å². The molecule has 0 N–H and O–H groups in total. The summed E-state index contributed by atoms with van der Waals surface area (Å²) >= 11 is 3.12. The van der Waals surface area contributed by atoms with Crippen LogP contribution in [0.15, 0.2) is 24.4 Å². The molecule has 1 amide bonds. The highest BCUT2D eigenvalue weighted by Crippen LogP contribution is 2.05. The molecule has 88 valence electrons. The molecule has 0 spiro atoms. The van der Waals surface area contributed by atoms with Gasteiger partial charge in [0.15, 0.2) is 0 Å². The van der Waals surface area contributed by atoms with E-state index in [2.05, 4.69) is 20.9 Å². The van der Waals surface area contributed by atoms with Gasteiger partial charge in [0.25, 0.3) is 12.3 Å². The Morgan fingerprint density at radius 3 is 2.75 bits per heavy atom. The largest absolute Gasteiger partial charge is 0.331 e. The Morgan fingerprint density at radius 1 is 1.50 bits per heavy atom. The quantitative estimate of drug-likeness (QED) is 0.780. The molecule has 0 fully saturated rings. The van der Waals surface area contributed by atoms with E-state index in [1.165, 1.54) is 12.3 Å². The van der Waals surface area contributed by atoms with Gasteiger partial charge in [-0.05, 0) is 12.1 Å². The minimum absolute atomic E-state index is 0.184. The van der Waals surface area contributed by atoms with E-state index in [0.717, 1.165) is 4.90 Å². The van der Waals surface area contributed by atoms with Gasteiger partial charge >= 0.3 is 0 Å². The lowest BCUT2D eigenvalue weighted by Gasteiger charge is -2.20. The number of alkyl halides is 3. The second-order valence-electron chi connectivity index (χ2n) is 3.05. The van der Waals surface area contributed by atoms with Crippen LogP contribution in [0.5, 0.6) is 0 Å². The van der Waals surface area contributed by atoms with Gasteiger partial charge in [-0.3, -0.25) is 9.78 Å². The Hall–Kier alpha value is -1.04. The predicted octanol–water partition coefficient (Wildman–Crippen LogP) is 2.18. The summed E-state index contributed by atoms with van der Waals surface area (Å²) in [6.45, 7) is -0.333. The van der Waals surface area contributed by atoms with Crippen molar-refractivity contribution in [2.24, 2.45) is 0 Å². The van der Waals surface area contributed by atoms with Gasteiger partial charge in [-0.2, -0.15) is 0 Å². The Bertz CT molecular complexity index is 335. The Labute approximate surface area is 101 Å². The van der Waals surface area contributed by atoms with Gasteiger partial charge in [-0.25, -0.2) is 8.78 Å². The Morgan fingerprint density at radius 2 is 2.25 bits per heavy atom. The highest BCUT2D eigenvalue weighted by atomic mass is 79.9. The molecule has 0 saturated carbocycles. The Balaban J connectivity index is 2.74. The van der Waals surface area contributed by atoms with Crippen LogP contribution in [0.25, 0.3) is 0 Å². The van der Waals surface area contributed by atoms with Crippen molar-refractivity contribution in [1.82, 2.24) is 9.88 Å². The molecule has 0 aliphatic rings. The van der Waals surface area contributed by atoms with Crippen molar-refractivity contribution in [2.45, 2.75) is 6.43 Å². The van der Waals surface area contributed by atoms with Crippen molar-refractivity contribution >= 4 is 21.8 Å². The van der Waals surface area contributed by atoms with Gasteiger partial charge in [0.1, 0.15) is 5.69 Å². The number of nitrogens with zero attached hydrogens (tertiary/aromatic N) is 2. The number of hydrogen-bond donors (Lipinski definition) is 0. The molecule has 0 atom stereocenters. The van der Waals surface area contributed by atoms with Crippen LogP contribution >= 0.6 is 15.9 Å². The van der Waals surface area contributed by atoms with Crippen LogP contribution in [0.1, 0.15) is 10.5 Å². The minimum atomic E-state index is -2.54. The lowest BCUT2D eigenvalue weighted by molar-refractivity contribution is 0.0567. The number of hydrogen-bond acceptors (Lipinski definition) is 2. The molecule has 0 saturated heterocycles. The van der Waals surface area contributed by atoms with Crippen molar-refractivity contribution in [2.75, 3.05) is 18.4 Å². The SMILES string of the molecule is O=C(c1ccccn1)N(CCBr)CC(F)F. The zero-order valence-electron chi connectivity index (χ0n) is 8.44.